The summed E-state index contributed by atoms with van der Waals surface area (Å²) in [5.74, 6) is -1.59. The first-order valence-electron chi connectivity index (χ1n) is 11.9. The summed E-state index contributed by atoms with van der Waals surface area (Å²) in [5.41, 5.74) is 1.72. The normalized spacial score (nSPS) is 15.1. The van der Waals surface area contributed by atoms with Crippen LogP contribution in [0.1, 0.15) is 47.1 Å². The fourth-order valence-corrected chi connectivity index (χ4v) is 4.72. The number of nitrogens with one attached hydrogen (secondary N) is 2. The van der Waals surface area contributed by atoms with Crippen molar-refractivity contribution < 1.29 is 19.5 Å². The molecule has 0 aliphatic heterocycles. The number of carboxylic acids is 1. The lowest BCUT2D eigenvalue weighted by molar-refractivity contribution is -0.137. The molecule has 2 rings (SSSR count). The van der Waals surface area contributed by atoms with Crippen LogP contribution in [0, 0.1) is 5.92 Å². The van der Waals surface area contributed by atoms with E-state index in [9.17, 15) is 19.5 Å². The lowest BCUT2D eigenvalue weighted by Gasteiger charge is -2.35. The molecule has 8 heteroatoms. The molecule has 35 heavy (non-hydrogen) atoms. The molecule has 0 radical (unpaired) electrons. The Bertz CT molecular complexity index is 1120. The van der Waals surface area contributed by atoms with E-state index in [0.717, 1.165) is 16.5 Å². The molecule has 0 saturated heterocycles. The maximum absolute atomic E-state index is 13.4. The fraction of sp³-hybridized carbons (Fsp3) is 0.519. The van der Waals surface area contributed by atoms with E-state index in [4.69, 9.17) is 0 Å². The molecule has 0 bridgehead atoms. The number of hydrogen-bond acceptors (Lipinski definition) is 4. The van der Waals surface area contributed by atoms with E-state index >= 15 is 0 Å². The monoisotopic (exact) mass is 484 g/mol. The zero-order chi connectivity index (χ0) is 26.7. The number of aromatic nitrogens is 1. The molecule has 3 unspecified atom stereocenters. The van der Waals surface area contributed by atoms with Gasteiger partial charge in [-0.25, -0.2) is 4.79 Å². The van der Waals surface area contributed by atoms with E-state index in [-0.39, 0.29) is 23.3 Å². The molecule has 3 N–H and O–H groups in total. The maximum Gasteiger partial charge on any atom is 0.331 e. The van der Waals surface area contributed by atoms with Gasteiger partial charge in [0.05, 0.1) is 12.1 Å². The zero-order valence-corrected chi connectivity index (χ0v) is 22.3. The fourth-order valence-electron chi connectivity index (χ4n) is 4.72. The predicted molar refractivity (Wildman–Crippen MR) is 139 cm³/mol. The van der Waals surface area contributed by atoms with Crippen molar-refractivity contribution in [3.63, 3.8) is 0 Å². The van der Waals surface area contributed by atoms with Gasteiger partial charge in [0.15, 0.2) is 0 Å². The topological polar surface area (TPSA) is 104 Å². The number of likely N-dealkylation sites (N-methyl/N-ethyl adjacent to an activating group) is 2. The number of para-hydroxylation sites is 1. The number of fused-ring (bicyclic) bond motifs is 1. The van der Waals surface area contributed by atoms with Gasteiger partial charge >= 0.3 is 5.97 Å². The van der Waals surface area contributed by atoms with Crippen molar-refractivity contribution in [2.24, 2.45) is 13.0 Å². The average Bonchev–Trinajstić information content (AvgIpc) is 3.13. The Morgan fingerprint density at radius 3 is 2.29 bits per heavy atom. The maximum atomic E-state index is 13.4. The number of carboxylic acid groups (broad SMARTS) is 1. The van der Waals surface area contributed by atoms with E-state index in [1.54, 1.807) is 27.1 Å². The summed E-state index contributed by atoms with van der Waals surface area (Å²) < 4.78 is 2.05. The summed E-state index contributed by atoms with van der Waals surface area (Å²) in [6.07, 6.45) is 3.63. The van der Waals surface area contributed by atoms with Crippen LogP contribution in [0.3, 0.4) is 0 Å². The van der Waals surface area contributed by atoms with Crippen LogP contribution >= 0.6 is 0 Å². The van der Waals surface area contributed by atoms with Gasteiger partial charge in [0.1, 0.15) is 6.04 Å². The number of hydrogen-bond donors (Lipinski definition) is 3. The molecule has 0 aliphatic rings. The second kappa shape index (κ2) is 11.1. The predicted octanol–water partition coefficient (Wildman–Crippen LogP) is 3.06. The van der Waals surface area contributed by atoms with Crippen molar-refractivity contribution >= 4 is 28.7 Å². The Labute approximate surface area is 208 Å². The van der Waals surface area contributed by atoms with Gasteiger partial charge in [-0.3, -0.25) is 9.59 Å². The lowest BCUT2D eigenvalue weighted by atomic mass is 9.77. The summed E-state index contributed by atoms with van der Waals surface area (Å²) >= 11 is 0. The van der Waals surface area contributed by atoms with E-state index in [0.29, 0.717) is 0 Å². The molecule has 2 amide bonds. The molecule has 0 aliphatic carbocycles. The summed E-state index contributed by atoms with van der Waals surface area (Å²) in [7, 11) is 5.36. The third-order valence-corrected chi connectivity index (χ3v) is 6.83. The molecule has 3 atom stereocenters. The van der Waals surface area contributed by atoms with Crippen LogP contribution in [-0.2, 0) is 26.8 Å². The quantitative estimate of drug-likeness (QED) is 0.450. The highest BCUT2D eigenvalue weighted by Crippen LogP contribution is 2.34. The average molecular weight is 485 g/mol. The Morgan fingerprint density at radius 2 is 1.74 bits per heavy atom. The minimum atomic E-state index is -1.02. The number of carbonyl (C=O) groups excluding carboxylic acids is 2. The first kappa shape index (κ1) is 28.1. The van der Waals surface area contributed by atoms with Crippen LogP contribution in [0.2, 0.25) is 0 Å². The Morgan fingerprint density at radius 1 is 1.14 bits per heavy atom. The number of carbonyl (C=O) groups is 3. The second-order valence-corrected chi connectivity index (χ2v) is 10.2. The number of nitrogens with zero attached hydrogens (tertiary/aromatic N) is 2. The highest BCUT2D eigenvalue weighted by molar-refractivity contribution is 5.92. The molecule has 1 aromatic carbocycles. The van der Waals surface area contributed by atoms with Crippen molar-refractivity contribution in [2.45, 2.75) is 65.1 Å². The number of rotatable bonds is 10. The Kier molecular flexibility index (Phi) is 8.89. The third kappa shape index (κ3) is 5.93. The smallest absolute Gasteiger partial charge is 0.331 e. The van der Waals surface area contributed by atoms with Gasteiger partial charge in [0, 0.05) is 42.2 Å². The second-order valence-electron chi connectivity index (χ2n) is 10.2. The highest BCUT2D eigenvalue weighted by atomic mass is 16.4. The third-order valence-electron chi connectivity index (χ3n) is 6.83. The number of aliphatic carboxylic acids is 1. The Hall–Kier alpha value is -3.13. The van der Waals surface area contributed by atoms with Crippen molar-refractivity contribution in [3.8, 4) is 0 Å². The molecule has 1 aromatic heterocycles. The van der Waals surface area contributed by atoms with Crippen LogP contribution in [-0.4, -0.2) is 64.6 Å². The number of amides is 2. The van der Waals surface area contributed by atoms with Gasteiger partial charge in [0.2, 0.25) is 11.8 Å². The largest absolute Gasteiger partial charge is 0.478 e. The van der Waals surface area contributed by atoms with Crippen LogP contribution in [0.15, 0.2) is 42.1 Å². The molecule has 1 heterocycles. The summed E-state index contributed by atoms with van der Waals surface area (Å²) in [5, 5.41) is 16.4. The van der Waals surface area contributed by atoms with Crippen molar-refractivity contribution in [3.05, 3.63) is 47.7 Å². The molecule has 0 saturated carbocycles. The minimum Gasteiger partial charge on any atom is -0.478 e. The van der Waals surface area contributed by atoms with Crippen LogP contribution in [0.5, 0.6) is 0 Å². The molecule has 8 nitrogen and oxygen atoms in total. The van der Waals surface area contributed by atoms with Gasteiger partial charge in [-0.05, 0) is 38.4 Å². The van der Waals surface area contributed by atoms with E-state index < -0.39 is 29.5 Å². The number of benzene rings is 1. The molecule has 0 spiro atoms. The summed E-state index contributed by atoms with van der Waals surface area (Å²) in [6, 6.07) is 6.28. The van der Waals surface area contributed by atoms with Crippen molar-refractivity contribution in [2.75, 3.05) is 14.1 Å². The van der Waals surface area contributed by atoms with Crippen molar-refractivity contribution in [1.29, 1.82) is 0 Å². The molecular formula is C27H40N4O4. The van der Waals surface area contributed by atoms with E-state index in [1.165, 1.54) is 11.8 Å². The van der Waals surface area contributed by atoms with E-state index in [1.807, 2.05) is 52.9 Å². The van der Waals surface area contributed by atoms with Crippen LogP contribution < -0.4 is 10.6 Å². The first-order chi connectivity index (χ1) is 16.2. The molecule has 192 valence electrons. The van der Waals surface area contributed by atoms with Gasteiger partial charge < -0.3 is 25.2 Å². The minimum absolute atomic E-state index is 0.00324. The van der Waals surface area contributed by atoms with Gasteiger partial charge in [-0.1, -0.05) is 52.0 Å². The van der Waals surface area contributed by atoms with Crippen molar-refractivity contribution in [1.82, 2.24) is 20.1 Å². The zero-order valence-electron chi connectivity index (χ0n) is 22.3. The number of aryl methyl sites for hydroxylation is 1. The Balaban J connectivity index is 2.26. The van der Waals surface area contributed by atoms with Crippen LogP contribution in [0.4, 0.5) is 0 Å². The summed E-state index contributed by atoms with van der Waals surface area (Å²) in [4.78, 5) is 39.4. The van der Waals surface area contributed by atoms with Gasteiger partial charge in [-0.2, -0.15) is 0 Å². The lowest BCUT2D eigenvalue weighted by Crippen LogP contribution is -2.58. The highest BCUT2D eigenvalue weighted by Gasteiger charge is 2.39. The summed E-state index contributed by atoms with van der Waals surface area (Å²) in [6.45, 7) is 11.0. The molecule has 0 fully saturated rings. The SMILES string of the molecule is CNC(C(=O)NC(C)C(=O)N(C)C(/C=C(\C)C(=O)O)C(C)C)C(C)(C)c1cn(C)c2ccccc12. The van der Waals surface area contributed by atoms with Gasteiger partial charge in [-0.15, -0.1) is 0 Å². The standard InChI is InChI=1S/C27H40N4O4/c1-16(2)22(14-17(3)26(34)35)31(9)25(33)18(4)29-24(32)23(28-7)27(5,6)20-15-30(8)21-13-11-10-12-19(20)21/h10-16,18,22-23,28H,1-9H3,(H,29,32)(H,34,35)/b17-14+. The first-order valence-corrected chi connectivity index (χ1v) is 11.9. The molecular weight excluding hydrogens is 444 g/mol. The van der Waals surface area contributed by atoms with Crippen LogP contribution in [0.25, 0.3) is 10.9 Å². The van der Waals surface area contributed by atoms with Gasteiger partial charge in [0.25, 0.3) is 0 Å². The van der Waals surface area contributed by atoms with E-state index in [2.05, 4.69) is 27.5 Å². The molecule has 2 aromatic rings.